The largest absolute Gasteiger partial charge is 0.497 e. The molecular formula is C24H32N2O2. The summed E-state index contributed by atoms with van der Waals surface area (Å²) in [6.45, 7) is 4.88. The Labute approximate surface area is 168 Å². The van der Waals surface area contributed by atoms with E-state index in [2.05, 4.69) is 29.3 Å². The standard InChI is InChI=1S/C24H32N2O2/c1-3-22(19-10-6-4-7-11-19)24(27)25-18-23(26-16-8-5-9-17-26)20-12-14-21(28-2)15-13-20/h4,6-7,10-15,22-23H,3,5,8-9,16-18H2,1-2H3,(H,25,27). The molecule has 0 spiro atoms. The summed E-state index contributed by atoms with van der Waals surface area (Å²) in [5.74, 6) is 0.878. The van der Waals surface area contributed by atoms with Crippen LogP contribution in [0.5, 0.6) is 5.75 Å². The van der Waals surface area contributed by atoms with Gasteiger partial charge >= 0.3 is 0 Å². The van der Waals surface area contributed by atoms with Crippen LogP contribution >= 0.6 is 0 Å². The molecule has 3 rings (SSSR count). The smallest absolute Gasteiger partial charge is 0.227 e. The number of hydrogen-bond acceptors (Lipinski definition) is 3. The first-order valence-corrected chi connectivity index (χ1v) is 10.4. The van der Waals surface area contributed by atoms with Crippen LogP contribution in [0.4, 0.5) is 0 Å². The maximum absolute atomic E-state index is 12.9. The van der Waals surface area contributed by atoms with Crippen LogP contribution in [-0.4, -0.2) is 37.6 Å². The Morgan fingerprint density at radius 3 is 2.29 bits per heavy atom. The van der Waals surface area contributed by atoms with Gasteiger partial charge < -0.3 is 10.1 Å². The summed E-state index contributed by atoms with van der Waals surface area (Å²) in [6.07, 6.45) is 4.54. The number of benzene rings is 2. The number of nitrogens with one attached hydrogen (secondary N) is 1. The molecule has 2 atom stereocenters. The van der Waals surface area contributed by atoms with Crippen LogP contribution in [-0.2, 0) is 4.79 Å². The Bertz CT molecular complexity index is 724. The third kappa shape index (κ3) is 5.14. The van der Waals surface area contributed by atoms with E-state index in [-0.39, 0.29) is 17.9 Å². The first kappa shape index (κ1) is 20.4. The quantitative estimate of drug-likeness (QED) is 0.731. The lowest BCUT2D eigenvalue weighted by Gasteiger charge is -2.35. The SMILES string of the molecule is CCC(C(=O)NCC(c1ccc(OC)cc1)N1CCCCC1)c1ccccc1. The van der Waals surface area contributed by atoms with Crippen LogP contribution < -0.4 is 10.1 Å². The van der Waals surface area contributed by atoms with E-state index in [0.717, 1.165) is 30.8 Å². The van der Waals surface area contributed by atoms with Gasteiger partial charge in [0.1, 0.15) is 5.75 Å². The molecule has 0 radical (unpaired) electrons. The number of rotatable bonds is 8. The van der Waals surface area contributed by atoms with E-state index in [9.17, 15) is 4.79 Å². The second-order valence-electron chi connectivity index (χ2n) is 7.50. The van der Waals surface area contributed by atoms with Gasteiger partial charge in [0.05, 0.1) is 19.1 Å². The van der Waals surface area contributed by atoms with Crippen molar-refractivity contribution in [1.29, 1.82) is 0 Å². The van der Waals surface area contributed by atoms with Crippen molar-refractivity contribution in [2.45, 2.75) is 44.6 Å². The highest BCUT2D eigenvalue weighted by molar-refractivity contribution is 5.83. The predicted octanol–water partition coefficient (Wildman–Crippen LogP) is 4.53. The average Bonchev–Trinajstić information content (AvgIpc) is 2.76. The molecular weight excluding hydrogens is 348 g/mol. The summed E-state index contributed by atoms with van der Waals surface area (Å²) in [4.78, 5) is 15.5. The van der Waals surface area contributed by atoms with E-state index >= 15 is 0 Å². The number of ether oxygens (including phenoxy) is 1. The Kier molecular flexibility index (Phi) is 7.49. The molecule has 0 aliphatic carbocycles. The number of nitrogens with zero attached hydrogens (tertiary/aromatic N) is 1. The van der Waals surface area contributed by atoms with Gasteiger partial charge in [-0.25, -0.2) is 0 Å². The zero-order valence-electron chi connectivity index (χ0n) is 17.1. The summed E-state index contributed by atoms with van der Waals surface area (Å²) in [7, 11) is 1.69. The van der Waals surface area contributed by atoms with E-state index < -0.39 is 0 Å². The molecule has 1 N–H and O–H groups in total. The fourth-order valence-electron chi connectivity index (χ4n) is 4.09. The number of hydrogen-bond donors (Lipinski definition) is 1. The second kappa shape index (κ2) is 10.3. The highest BCUT2D eigenvalue weighted by Gasteiger charge is 2.25. The summed E-state index contributed by atoms with van der Waals surface area (Å²) in [6, 6.07) is 18.5. The van der Waals surface area contributed by atoms with Crippen molar-refractivity contribution in [3.63, 3.8) is 0 Å². The van der Waals surface area contributed by atoms with Crippen LogP contribution in [0.25, 0.3) is 0 Å². The topological polar surface area (TPSA) is 41.6 Å². The molecule has 1 heterocycles. The Balaban J connectivity index is 1.72. The first-order chi connectivity index (χ1) is 13.7. The molecule has 1 amide bonds. The molecule has 2 aromatic rings. The zero-order chi connectivity index (χ0) is 19.8. The molecule has 1 aliphatic heterocycles. The Morgan fingerprint density at radius 1 is 1.00 bits per heavy atom. The molecule has 0 aromatic heterocycles. The fourth-order valence-corrected chi connectivity index (χ4v) is 4.09. The third-order valence-electron chi connectivity index (χ3n) is 5.73. The number of carbonyl (C=O) groups excluding carboxylic acids is 1. The lowest BCUT2D eigenvalue weighted by molar-refractivity contribution is -0.122. The number of amides is 1. The Morgan fingerprint density at radius 2 is 1.68 bits per heavy atom. The lowest BCUT2D eigenvalue weighted by atomic mass is 9.95. The van der Waals surface area contributed by atoms with Gasteiger partial charge in [-0.05, 0) is 55.6 Å². The minimum absolute atomic E-state index is 0.0981. The van der Waals surface area contributed by atoms with E-state index in [1.165, 1.54) is 24.8 Å². The van der Waals surface area contributed by atoms with Gasteiger partial charge in [-0.3, -0.25) is 9.69 Å². The van der Waals surface area contributed by atoms with Crippen molar-refractivity contribution < 1.29 is 9.53 Å². The monoisotopic (exact) mass is 380 g/mol. The summed E-state index contributed by atoms with van der Waals surface area (Å²) < 4.78 is 5.30. The van der Waals surface area contributed by atoms with E-state index in [1.54, 1.807) is 7.11 Å². The summed E-state index contributed by atoms with van der Waals surface area (Å²) in [5.41, 5.74) is 2.32. The maximum atomic E-state index is 12.9. The van der Waals surface area contributed by atoms with Crippen molar-refractivity contribution in [1.82, 2.24) is 10.2 Å². The van der Waals surface area contributed by atoms with Gasteiger partial charge in [-0.15, -0.1) is 0 Å². The normalized spacial score (nSPS) is 16.9. The highest BCUT2D eigenvalue weighted by atomic mass is 16.5. The van der Waals surface area contributed by atoms with Crippen LogP contribution in [0.2, 0.25) is 0 Å². The molecule has 1 fully saturated rings. The Hall–Kier alpha value is -2.33. The number of carbonyl (C=O) groups is 1. The molecule has 4 heteroatoms. The molecule has 2 unspecified atom stereocenters. The summed E-state index contributed by atoms with van der Waals surface area (Å²) >= 11 is 0. The summed E-state index contributed by atoms with van der Waals surface area (Å²) in [5, 5.41) is 3.24. The van der Waals surface area contributed by atoms with Crippen molar-refractivity contribution in [3.05, 3.63) is 65.7 Å². The van der Waals surface area contributed by atoms with E-state index in [1.807, 2.05) is 42.5 Å². The number of piperidine rings is 1. The molecule has 28 heavy (non-hydrogen) atoms. The molecule has 1 aliphatic rings. The minimum atomic E-state index is -0.0981. The van der Waals surface area contributed by atoms with E-state index in [0.29, 0.717) is 6.54 Å². The molecule has 4 nitrogen and oxygen atoms in total. The molecule has 0 bridgehead atoms. The van der Waals surface area contributed by atoms with Gasteiger partial charge in [0.25, 0.3) is 0 Å². The van der Waals surface area contributed by atoms with Crippen molar-refractivity contribution in [2.75, 3.05) is 26.7 Å². The fraction of sp³-hybridized carbons (Fsp3) is 0.458. The molecule has 2 aromatic carbocycles. The zero-order valence-corrected chi connectivity index (χ0v) is 17.1. The third-order valence-corrected chi connectivity index (χ3v) is 5.73. The van der Waals surface area contributed by atoms with E-state index in [4.69, 9.17) is 4.74 Å². The first-order valence-electron chi connectivity index (χ1n) is 10.4. The van der Waals surface area contributed by atoms with Crippen LogP contribution in [0.3, 0.4) is 0 Å². The van der Waals surface area contributed by atoms with Gasteiger partial charge in [0.2, 0.25) is 5.91 Å². The number of methoxy groups -OCH3 is 1. The number of likely N-dealkylation sites (tertiary alicyclic amines) is 1. The maximum Gasteiger partial charge on any atom is 0.227 e. The second-order valence-corrected chi connectivity index (χ2v) is 7.50. The van der Waals surface area contributed by atoms with Crippen molar-refractivity contribution in [3.8, 4) is 5.75 Å². The average molecular weight is 381 g/mol. The van der Waals surface area contributed by atoms with Crippen molar-refractivity contribution in [2.24, 2.45) is 0 Å². The van der Waals surface area contributed by atoms with Crippen LogP contribution in [0.1, 0.15) is 55.7 Å². The van der Waals surface area contributed by atoms with Crippen LogP contribution in [0.15, 0.2) is 54.6 Å². The van der Waals surface area contributed by atoms with Crippen LogP contribution in [0, 0.1) is 0 Å². The van der Waals surface area contributed by atoms with Gasteiger partial charge in [-0.1, -0.05) is 55.8 Å². The van der Waals surface area contributed by atoms with Crippen molar-refractivity contribution >= 4 is 5.91 Å². The molecule has 1 saturated heterocycles. The van der Waals surface area contributed by atoms with Gasteiger partial charge in [-0.2, -0.15) is 0 Å². The van der Waals surface area contributed by atoms with Gasteiger partial charge in [0.15, 0.2) is 0 Å². The lowest BCUT2D eigenvalue weighted by Crippen LogP contribution is -2.41. The molecule has 0 saturated carbocycles. The highest BCUT2D eigenvalue weighted by Crippen LogP contribution is 2.26. The predicted molar refractivity (Wildman–Crippen MR) is 114 cm³/mol. The van der Waals surface area contributed by atoms with Gasteiger partial charge in [0, 0.05) is 6.54 Å². The minimum Gasteiger partial charge on any atom is -0.497 e. The molecule has 150 valence electrons.